The first kappa shape index (κ1) is 9.74. The highest BCUT2D eigenvalue weighted by molar-refractivity contribution is 7.80. The van der Waals surface area contributed by atoms with E-state index < -0.39 is 0 Å². The minimum atomic E-state index is 0.543. The van der Waals surface area contributed by atoms with Crippen LogP contribution in [0.2, 0.25) is 0 Å². The maximum absolute atomic E-state index is 5.57. The van der Waals surface area contributed by atoms with Crippen LogP contribution in [-0.4, -0.2) is 47.6 Å². The third-order valence-corrected chi connectivity index (χ3v) is 2.82. The molecular weight excluding hydrogens is 170 g/mol. The third kappa shape index (κ3) is 2.08. The van der Waals surface area contributed by atoms with Gasteiger partial charge in [-0.25, -0.2) is 0 Å². The first-order chi connectivity index (χ1) is 5.65. The van der Waals surface area contributed by atoms with Crippen LogP contribution in [-0.2, 0) is 0 Å². The summed E-state index contributed by atoms with van der Waals surface area (Å²) in [5, 5.41) is 0.543. The molecular formula is C8H17N3S. The molecule has 1 rings (SSSR count). The number of rotatable bonds is 1. The largest absolute Gasteiger partial charge is 0.376 e. The summed E-state index contributed by atoms with van der Waals surface area (Å²) >= 11 is 4.94. The van der Waals surface area contributed by atoms with Crippen LogP contribution in [0.25, 0.3) is 0 Å². The molecule has 3 nitrogen and oxygen atoms in total. The molecule has 0 saturated carbocycles. The molecule has 4 heteroatoms. The van der Waals surface area contributed by atoms with E-state index >= 15 is 0 Å². The number of nitrogens with two attached hydrogens (primary N) is 1. The zero-order valence-electron chi connectivity index (χ0n) is 7.79. The molecule has 70 valence electrons. The third-order valence-electron chi connectivity index (χ3n) is 2.56. The van der Waals surface area contributed by atoms with Crippen LogP contribution in [0.4, 0.5) is 0 Å². The second-order valence-corrected chi connectivity index (χ2v) is 3.75. The average molecular weight is 187 g/mol. The van der Waals surface area contributed by atoms with Crippen LogP contribution in [0.5, 0.6) is 0 Å². The molecule has 1 unspecified atom stereocenters. The van der Waals surface area contributed by atoms with Crippen LogP contribution in [0.1, 0.15) is 13.3 Å². The SMILES string of the molecule is CCC1CN(C(N)=S)CCN1C. The fourth-order valence-corrected chi connectivity index (χ4v) is 1.75. The molecule has 0 amide bonds. The molecule has 0 aliphatic carbocycles. The van der Waals surface area contributed by atoms with Crippen molar-refractivity contribution in [1.82, 2.24) is 9.80 Å². The molecule has 0 aromatic carbocycles. The Morgan fingerprint density at radius 1 is 1.58 bits per heavy atom. The highest BCUT2D eigenvalue weighted by Gasteiger charge is 2.22. The van der Waals surface area contributed by atoms with Crippen molar-refractivity contribution >= 4 is 17.3 Å². The van der Waals surface area contributed by atoms with Gasteiger partial charge in [-0.3, -0.25) is 4.90 Å². The standard InChI is InChI=1S/C8H17N3S/c1-3-7-6-11(8(9)12)5-4-10(7)2/h7H,3-6H2,1-2H3,(H2,9,12). The van der Waals surface area contributed by atoms with Crippen LogP contribution < -0.4 is 5.73 Å². The summed E-state index contributed by atoms with van der Waals surface area (Å²) in [6.45, 7) is 5.23. The molecule has 1 aliphatic heterocycles. The lowest BCUT2D eigenvalue weighted by Gasteiger charge is -2.39. The Morgan fingerprint density at radius 2 is 2.25 bits per heavy atom. The fraction of sp³-hybridized carbons (Fsp3) is 0.875. The molecule has 0 bridgehead atoms. The van der Waals surface area contributed by atoms with Gasteiger partial charge in [0.05, 0.1) is 0 Å². The molecule has 1 atom stereocenters. The van der Waals surface area contributed by atoms with E-state index in [1.54, 1.807) is 0 Å². The van der Waals surface area contributed by atoms with Crippen LogP contribution in [0, 0.1) is 0 Å². The first-order valence-electron chi connectivity index (χ1n) is 4.39. The second-order valence-electron chi connectivity index (χ2n) is 3.33. The van der Waals surface area contributed by atoms with Crippen LogP contribution >= 0.6 is 12.2 Å². The predicted octanol–water partition coefficient (Wildman–Crippen LogP) is 0.256. The van der Waals surface area contributed by atoms with Gasteiger partial charge in [-0.05, 0) is 25.7 Å². The molecule has 1 aliphatic rings. The fourth-order valence-electron chi connectivity index (χ4n) is 1.59. The Hall–Kier alpha value is -0.350. The number of nitrogens with zero attached hydrogens (tertiary/aromatic N) is 2. The number of hydrogen-bond donors (Lipinski definition) is 1. The van der Waals surface area contributed by atoms with Crippen molar-refractivity contribution in [3.8, 4) is 0 Å². The van der Waals surface area contributed by atoms with Gasteiger partial charge in [-0.1, -0.05) is 6.92 Å². The number of thiocarbonyl (C=S) groups is 1. The molecule has 1 heterocycles. The zero-order chi connectivity index (χ0) is 9.14. The summed E-state index contributed by atoms with van der Waals surface area (Å²) in [6.07, 6.45) is 1.16. The van der Waals surface area contributed by atoms with Crippen molar-refractivity contribution < 1.29 is 0 Å². The summed E-state index contributed by atoms with van der Waals surface area (Å²) in [6, 6.07) is 0.611. The topological polar surface area (TPSA) is 32.5 Å². The Bertz CT molecular complexity index is 172. The van der Waals surface area contributed by atoms with Gasteiger partial charge in [0.15, 0.2) is 5.11 Å². The maximum atomic E-state index is 5.57. The van der Waals surface area contributed by atoms with Crippen molar-refractivity contribution in [3.05, 3.63) is 0 Å². The molecule has 2 N–H and O–H groups in total. The lowest BCUT2D eigenvalue weighted by Crippen LogP contribution is -2.54. The van der Waals surface area contributed by atoms with Gasteiger partial charge in [0.25, 0.3) is 0 Å². The highest BCUT2D eigenvalue weighted by atomic mass is 32.1. The van der Waals surface area contributed by atoms with Crippen molar-refractivity contribution in [1.29, 1.82) is 0 Å². The molecule has 0 spiro atoms. The summed E-state index contributed by atoms with van der Waals surface area (Å²) in [5.41, 5.74) is 5.57. The molecule has 1 saturated heterocycles. The van der Waals surface area contributed by atoms with Gasteiger partial charge in [0, 0.05) is 25.7 Å². The monoisotopic (exact) mass is 187 g/mol. The normalized spacial score (nSPS) is 25.8. The second kappa shape index (κ2) is 4.05. The van der Waals surface area contributed by atoms with E-state index in [0.717, 1.165) is 26.1 Å². The number of piperazine rings is 1. The minimum absolute atomic E-state index is 0.543. The van der Waals surface area contributed by atoms with Gasteiger partial charge in [0.1, 0.15) is 0 Å². The molecule has 1 fully saturated rings. The van der Waals surface area contributed by atoms with Crippen molar-refractivity contribution in [3.63, 3.8) is 0 Å². The average Bonchev–Trinajstić information content (AvgIpc) is 2.05. The predicted molar refractivity (Wildman–Crippen MR) is 55.1 cm³/mol. The Morgan fingerprint density at radius 3 is 2.75 bits per heavy atom. The lowest BCUT2D eigenvalue weighted by atomic mass is 10.1. The summed E-state index contributed by atoms with van der Waals surface area (Å²) in [7, 11) is 2.16. The van der Waals surface area contributed by atoms with E-state index in [1.165, 1.54) is 0 Å². The van der Waals surface area contributed by atoms with Gasteiger partial charge < -0.3 is 10.6 Å². The van der Waals surface area contributed by atoms with Crippen molar-refractivity contribution in [2.24, 2.45) is 5.73 Å². The van der Waals surface area contributed by atoms with Crippen LogP contribution in [0.3, 0.4) is 0 Å². The van der Waals surface area contributed by atoms with E-state index in [4.69, 9.17) is 18.0 Å². The lowest BCUT2D eigenvalue weighted by molar-refractivity contribution is 0.138. The quantitative estimate of drug-likeness (QED) is 0.597. The van der Waals surface area contributed by atoms with Crippen molar-refractivity contribution in [2.75, 3.05) is 26.7 Å². The van der Waals surface area contributed by atoms with E-state index in [2.05, 4.69) is 23.8 Å². The molecule has 0 aromatic heterocycles. The van der Waals surface area contributed by atoms with Gasteiger partial charge in [-0.2, -0.15) is 0 Å². The summed E-state index contributed by atoms with van der Waals surface area (Å²) < 4.78 is 0. The van der Waals surface area contributed by atoms with Crippen LogP contribution in [0.15, 0.2) is 0 Å². The zero-order valence-corrected chi connectivity index (χ0v) is 8.60. The molecule has 0 radical (unpaired) electrons. The Labute approximate surface area is 79.5 Å². The van der Waals surface area contributed by atoms with Gasteiger partial charge >= 0.3 is 0 Å². The molecule has 0 aromatic rings. The van der Waals surface area contributed by atoms with Crippen molar-refractivity contribution in [2.45, 2.75) is 19.4 Å². The van der Waals surface area contributed by atoms with E-state index in [-0.39, 0.29) is 0 Å². The first-order valence-corrected chi connectivity index (χ1v) is 4.80. The number of likely N-dealkylation sites (N-methyl/N-ethyl adjacent to an activating group) is 1. The summed E-state index contributed by atoms with van der Waals surface area (Å²) in [5.74, 6) is 0. The Balaban J connectivity index is 2.49. The van der Waals surface area contributed by atoms with E-state index in [1.807, 2.05) is 0 Å². The smallest absolute Gasteiger partial charge is 0.166 e. The van der Waals surface area contributed by atoms with Gasteiger partial charge in [-0.15, -0.1) is 0 Å². The maximum Gasteiger partial charge on any atom is 0.166 e. The Kier molecular flexibility index (Phi) is 3.29. The highest BCUT2D eigenvalue weighted by Crippen LogP contribution is 2.09. The van der Waals surface area contributed by atoms with E-state index in [0.29, 0.717) is 11.2 Å². The molecule has 12 heavy (non-hydrogen) atoms. The minimum Gasteiger partial charge on any atom is -0.376 e. The number of hydrogen-bond acceptors (Lipinski definition) is 2. The van der Waals surface area contributed by atoms with Gasteiger partial charge in [0.2, 0.25) is 0 Å². The van der Waals surface area contributed by atoms with E-state index in [9.17, 15) is 0 Å². The summed E-state index contributed by atoms with van der Waals surface area (Å²) in [4.78, 5) is 4.46.